The normalized spacial score (nSPS) is 12.3. The van der Waals surface area contributed by atoms with E-state index in [0.29, 0.717) is 6.54 Å². The number of unbranched alkanes of at least 4 members (excludes halogenated alkanes) is 2. The molecule has 2 aromatic heterocycles. The molecular weight excluding hydrogens is 341 g/mol. The zero-order valence-corrected chi connectivity index (χ0v) is 15.9. The van der Waals surface area contributed by atoms with Crippen LogP contribution in [0.5, 0.6) is 0 Å². The van der Waals surface area contributed by atoms with E-state index in [0.717, 1.165) is 41.9 Å². The van der Waals surface area contributed by atoms with Gasteiger partial charge in [0, 0.05) is 30.8 Å². The van der Waals surface area contributed by atoms with Crippen LogP contribution in [0.3, 0.4) is 0 Å². The summed E-state index contributed by atoms with van der Waals surface area (Å²) >= 11 is 0. The molecule has 5 heteroatoms. The minimum atomic E-state index is -0.300. The molecule has 1 atom stereocenters. The second kappa shape index (κ2) is 8.80. The third-order valence-electron chi connectivity index (χ3n) is 4.85. The van der Waals surface area contributed by atoms with Crippen LogP contribution in [0.2, 0.25) is 0 Å². The summed E-state index contributed by atoms with van der Waals surface area (Å²) in [6, 6.07) is 12.4. The second-order valence-electron chi connectivity index (χ2n) is 6.91. The number of rotatable bonds is 8. The van der Waals surface area contributed by atoms with Crippen molar-refractivity contribution in [1.29, 1.82) is 0 Å². The summed E-state index contributed by atoms with van der Waals surface area (Å²) < 4.78 is 15.9. The molecule has 0 aliphatic rings. The third kappa shape index (κ3) is 4.54. The number of hydrogen-bond donors (Lipinski definition) is 1. The van der Waals surface area contributed by atoms with Gasteiger partial charge in [-0.25, -0.2) is 9.37 Å². The average molecular weight is 367 g/mol. The quantitative estimate of drug-likeness (QED) is 0.591. The molecule has 4 nitrogen and oxygen atoms in total. The maximum absolute atomic E-state index is 13.9. The lowest BCUT2D eigenvalue weighted by atomic mass is 9.92. The highest BCUT2D eigenvalue weighted by atomic mass is 19.1. The number of aryl methyl sites for hydroxylation is 1. The molecule has 0 saturated carbocycles. The molecule has 1 aromatic carbocycles. The van der Waals surface area contributed by atoms with Gasteiger partial charge in [0.25, 0.3) is 0 Å². The van der Waals surface area contributed by atoms with Crippen molar-refractivity contribution in [3.05, 3.63) is 71.4 Å². The van der Waals surface area contributed by atoms with Crippen molar-refractivity contribution in [2.24, 2.45) is 0 Å². The van der Waals surface area contributed by atoms with Crippen LogP contribution in [0.4, 0.5) is 4.39 Å². The van der Waals surface area contributed by atoms with E-state index in [1.165, 1.54) is 12.1 Å². The van der Waals surface area contributed by atoms with E-state index >= 15 is 0 Å². The zero-order chi connectivity index (χ0) is 19.2. The highest BCUT2D eigenvalue weighted by Gasteiger charge is 2.22. The Morgan fingerprint density at radius 2 is 2.04 bits per heavy atom. The highest BCUT2D eigenvalue weighted by Crippen LogP contribution is 2.30. The van der Waals surface area contributed by atoms with Gasteiger partial charge in [-0.05, 0) is 43.2 Å². The smallest absolute Gasteiger partial charge is 0.221 e. The number of benzene rings is 1. The molecule has 3 rings (SSSR count). The van der Waals surface area contributed by atoms with Crippen molar-refractivity contribution < 1.29 is 9.18 Å². The Morgan fingerprint density at radius 1 is 1.22 bits per heavy atom. The summed E-state index contributed by atoms with van der Waals surface area (Å²) in [5.74, 6) is -0.585. The molecule has 0 aliphatic carbocycles. The van der Waals surface area contributed by atoms with Gasteiger partial charge in [0.1, 0.15) is 11.5 Å². The van der Waals surface area contributed by atoms with E-state index in [4.69, 9.17) is 0 Å². The van der Waals surface area contributed by atoms with Gasteiger partial charge in [-0.2, -0.15) is 0 Å². The fraction of sp³-hybridized carbons (Fsp3) is 0.364. The maximum atomic E-state index is 13.9. The molecular formula is C22H26FN3O. The van der Waals surface area contributed by atoms with Crippen molar-refractivity contribution in [2.75, 3.05) is 6.54 Å². The van der Waals surface area contributed by atoms with Gasteiger partial charge in [0.2, 0.25) is 5.91 Å². The molecule has 0 radical (unpaired) electrons. The summed E-state index contributed by atoms with van der Waals surface area (Å²) in [5, 5.41) is 2.99. The van der Waals surface area contributed by atoms with Crippen LogP contribution in [0.25, 0.3) is 5.65 Å². The SMILES string of the molecule is CCCCCNC(=O)CC(c1cccc(F)c1)c1cnc2cccc(C)n12. The average Bonchev–Trinajstić information content (AvgIpc) is 3.08. The zero-order valence-electron chi connectivity index (χ0n) is 15.9. The minimum absolute atomic E-state index is 0.0242. The van der Waals surface area contributed by atoms with Crippen molar-refractivity contribution in [2.45, 2.75) is 45.4 Å². The first-order chi connectivity index (χ1) is 13.1. The molecule has 3 aromatic rings. The predicted octanol–water partition coefficient (Wildman–Crippen LogP) is 4.61. The lowest BCUT2D eigenvalue weighted by Crippen LogP contribution is -2.26. The van der Waals surface area contributed by atoms with E-state index in [1.807, 2.05) is 35.6 Å². The van der Waals surface area contributed by atoms with E-state index in [-0.39, 0.29) is 24.1 Å². The topological polar surface area (TPSA) is 46.4 Å². The Kier molecular flexibility index (Phi) is 6.22. The van der Waals surface area contributed by atoms with Crippen LogP contribution in [0.1, 0.15) is 55.5 Å². The van der Waals surface area contributed by atoms with Crippen molar-refractivity contribution in [3.8, 4) is 0 Å². The number of nitrogens with zero attached hydrogens (tertiary/aromatic N) is 2. The number of imidazole rings is 1. The Bertz CT molecular complexity index is 919. The molecule has 0 saturated heterocycles. The number of amides is 1. The van der Waals surface area contributed by atoms with Gasteiger partial charge in [0.05, 0.1) is 5.69 Å². The first kappa shape index (κ1) is 19.1. The molecule has 2 heterocycles. The van der Waals surface area contributed by atoms with E-state index in [9.17, 15) is 9.18 Å². The second-order valence-corrected chi connectivity index (χ2v) is 6.91. The molecule has 27 heavy (non-hydrogen) atoms. The molecule has 0 bridgehead atoms. The van der Waals surface area contributed by atoms with Crippen LogP contribution in [0.15, 0.2) is 48.7 Å². The molecule has 0 fully saturated rings. The monoisotopic (exact) mass is 367 g/mol. The van der Waals surface area contributed by atoms with Crippen molar-refractivity contribution in [1.82, 2.24) is 14.7 Å². The van der Waals surface area contributed by atoms with Gasteiger partial charge in [-0.15, -0.1) is 0 Å². The maximum Gasteiger partial charge on any atom is 0.221 e. The fourth-order valence-corrected chi connectivity index (χ4v) is 3.45. The molecule has 0 aliphatic heterocycles. The molecule has 1 amide bonds. The van der Waals surface area contributed by atoms with Crippen LogP contribution >= 0.6 is 0 Å². The Labute approximate surface area is 159 Å². The van der Waals surface area contributed by atoms with Crippen molar-refractivity contribution >= 4 is 11.6 Å². The lowest BCUT2D eigenvalue weighted by molar-refractivity contribution is -0.121. The van der Waals surface area contributed by atoms with Gasteiger partial charge in [-0.3, -0.25) is 4.79 Å². The van der Waals surface area contributed by atoms with Gasteiger partial charge < -0.3 is 9.72 Å². The number of carbonyl (C=O) groups is 1. The van der Waals surface area contributed by atoms with E-state index < -0.39 is 0 Å². The molecule has 142 valence electrons. The third-order valence-corrected chi connectivity index (χ3v) is 4.85. The number of fused-ring (bicyclic) bond motifs is 1. The van der Waals surface area contributed by atoms with Crippen LogP contribution in [0, 0.1) is 12.7 Å². The number of hydrogen-bond acceptors (Lipinski definition) is 2. The number of pyridine rings is 1. The standard InChI is InChI=1S/C22H26FN3O/c1-3-4-5-12-24-22(27)14-19(17-9-7-10-18(23)13-17)20-15-25-21-11-6-8-16(2)26(20)21/h6-11,13,15,19H,3-5,12,14H2,1-2H3,(H,24,27). The Morgan fingerprint density at radius 3 is 2.81 bits per heavy atom. The minimum Gasteiger partial charge on any atom is -0.356 e. The largest absolute Gasteiger partial charge is 0.356 e. The van der Waals surface area contributed by atoms with Gasteiger partial charge in [-0.1, -0.05) is 38.0 Å². The summed E-state index contributed by atoms with van der Waals surface area (Å²) in [7, 11) is 0. The number of aromatic nitrogens is 2. The Balaban J connectivity index is 1.92. The van der Waals surface area contributed by atoms with Crippen molar-refractivity contribution in [3.63, 3.8) is 0 Å². The van der Waals surface area contributed by atoms with E-state index in [1.54, 1.807) is 12.3 Å². The molecule has 1 unspecified atom stereocenters. The highest BCUT2D eigenvalue weighted by molar-refractivity contribution is 5.77. The van der Waals surface area contributed by atoms with E-state index in [2.05, 4.69) is 17.2 Å². The fourth-order valence-electron chi connectivity index (χ4n) is 3.45. The summed E-state index contributed by atoms with van der Waals surface area (Å²) in [4.78, 5) is 17.0. The predicted molar refractivity (Wildman–Crippen MR) is 105 cm³/mol. The Hall–Kier alpha value is -2.69. The summed E-state index contributed by atoms with van der Waals surface area (Å²) in [6.07, 6.45) is 5.24. The molecule has 1 N–H and O–H groups in total. The summed E-state index contributed by atoms with van der Waals surface area (Å²) in [5.41, 5.74) is 3.54. The molecule has 0 spiro atoms. The number of carbonyl (C=O) groups excluding carboxylic acids is 1. The van der Waals surface area contributed by atoms with Crippen LogP contribution in [-0.2, 0) is 4.79 Å². The summed E-state index contributed by atoms with van der Waals surface area (Å²) in [6.45, 7) is 4.81. The lowest BCUT2D eigenvalue weighted by Gasteiger charge is -2.18. The van der Waals surface area contributed by atoms with Crippen LogP contribution < -0.4 is 5.32 Å². The number of halogens is 1. The number of nitrogens with one attached hydrogen (secondary N) is 1. The van der Waals surface area contributed by atoms with Gasteiger partial charge in [0.15, 0.2) is 0 Å². The first-order valence-corrected chi connectivity index (χ1v) is 9.55. The first-order valence-electron chi connectivity index (χ1n) is 9.55. The van der Waals surface area contributed by atoms with Gasteiger partial charge >= 0.3 is 0 Å². The van der Waals surface area contributed by atoms with Crippen LogP contribution in [-0.4, -0.2) is 21.8 Å².